The highest BCUT2D eigenvalue weighted by Crippen LogP contribution is 2.18. The van der Waals surface area contributed by atoms with Crippen molar-refractivity contribution < 1.29 is 15.0 Å². The molecule has 0 amide bonds. The van der Waals surface area contributed by atoms with E-state index in [9.17, 15) is 9.90 Å². The van der Waals surface area contributed by atoms with Crippen molar-refractivity contribution in [1.82, 2.24) is 4.98 Å². The Morgan fingerprint density at radius 3 is 2.85 bits per heavy atom. The van der Waals surface area contributed by atoms with Crippen molar-refractivity contribution >= 4 is 21.9 Å². The van der Waals surface area contributed by atoms with Gasteiger partial charge in [-0.15, -0.1) is 0 Å². The molecule has 4 nitrogen and oxygen atoms in total. The predicted molar refractivity (Wildman–Crippen MR) is 49.1 cm³/mol. The summed E-state index contributed by atoms with van der Waals surface area (Å²) in [4.78, 5) is 14.1. The van der Waals surface area contributed by atoms with Gasteiger partial charge in [-0.05, 0) is 22.0 Å². The fourth-order valence-corrected chi connectivity index (χ4v) is 1.28. The zero-order chi connectivity index (χ0) is 9.84. The van der Waals surface area contributed by atoms with Gasteiger partial charge in [0.15, 0.2) is 0 Å². The van der Waals surface area contributed by atoms with Gasteiger partial charge in [0.05, 0.1) is 12.5 Å². The number of hydrogen-bond acceptors (Lipinski definition) is 3. The third kappa shape index (κ3) is 3.12. The van der Waals surface area contributed by atoms with Crippen LogP contribution in [-0.2, 0) is 4.79 Å². The van der Waals surface area contributed by atoms with Gasteiger partial charge in [0.25, 0.3) is 0 Å². The Hall–Kier alpha value is -0.940. The number of carboxylic acids is 1. The second kappa shape index (κ2) is 4.34. The van der Waals surface area contributed by atoms with E-state index in [4.69, 9.17) is 5.11 Å². The lowest BCUT2D eigenvalue weighted by atomic mass is 10.1. The normalized spacial score (nSPS) is 12.5. The van der Waals surface area contributed by atoms with Crippen molar-refractivity contribution in [1.29, 1.82) is 0 Å². The number of carboxylic acid groups (broad SMARTS) is 1. The van der Waals surface area contributed by atoms with Crippen LogP contribution in [0.1, 0.15) is 18.1 Å². The zero-order valence-electron chi connectivity index (χ0n) is 6.64. The summed E-state index contributed by atoms with van der Waals surface area (Å²) in [7, 11) is 0. The van der Waals surface area contributed by atoms with E-state index >= 15 is 0 Å². The molecule has 0 aliphatic rings. The first kappa shape index (κ1) is 10.1. The van der Waals surface area contributed by atoms with Crippen LogP contribution >= 0.6 is 15.9 Å². The van der Waals surface area contributed by atoms with E-state index in [1.165, 1.54) is 6.20 Å². The van der Waals surface area contributed by atoms with E-state index in [1.54, 1.807) is 12.3 Å². The SMILES string of the molecule is O=C(O)CC(O)c1cncc(Br)c1. The van der Waals surface area contributed by atoms with Crippen LogP contribution in [0.15, 0.2) is 22.9 Å². The van der Waals surface area contributed by atoms with E-state index in [2.05, 4.69) is 20.9 Å². The molecule has 1 rings (SSSR count). The number of aliphatic carboxylic acids is 1. The molecule has 0 fully saturated rings. The van der Waals surface area contributed by atoms with Crippen LogP contribution in [0.3, 0.4) is 0 Å². The summed E-state index contributed by atoms with van der Waals surface area (Å²) in [6, 6.07) is 1.64. The molecule has 0 saturated carbocycles. The topological polar surface area (TPSA) is 70.4 Å². The van der Waals surface area contributed by atoms with Crippen LogP contribution in [0.25, 0.3) is 0 Å². The molecule has 2 N–H and O–H groups in total. The number of pyridine rings is 1. The third-order valence-electron chi connectivity index (χ3n) is 1.48. The second-order valence-electron chi connectivity index (χ2n) is 2.55. The molecule has 0 radical (unpaired) electrons. The molecule has 1 atom stereocenters. The van der Waals surface area contributed by atoms with Gasteiger partial charge < -0.3 is 10.2 Å². The number of rotatable bonds is 3. The van der Waals surface area contributed by atoms with Crippen LogP contribution in [-0.4, -0.2) is 21.2 Å². The molecule has 1 aromatic heterocycles. The van der Waals surface area contributed by atoms with Crippen molar-refractivity contribution in [3.8, 4) is 0 Å². The summed E-state index contributed by atoms with van der Waals surface area (Å²) >= 11 is 3.18. The summed E-state index contributed by atoms with van der Waals surface area (Å²) in [6.07, 6.45) is 1.70. The summed E-state index contributed by atoms with van der Waals surface area (Å²) in [6.45, 7) is 0. The molecular weight excluding hydrogens is 238 g/mol. The molecular formula is C8H8BrNO3. The number of aromatic nitrogens is 1. The Morgan fingerprint density at radius 1 is 1.62 bits per heavy atom. The lowest BCUT2D eigenvalue weighted by Crippen LogP contribution is -2.05. The van der Waals surface area contributed by atoms with Crippen molar-refractivity contribution in [3.63, 3.8) is 0 Å². The maximum Gasteiger partial charge on any atom is 0.306 e. The minimum absolute atomic E-state index is 0.307. The van der Waals surface area contributed by atoms with E-state index in [0.29, 0.717) is 5.56 Å². The van der Waals surface area contributed by atoms with Crippen molar-refractivity contribution in [2.75, 3.05) is 0 Å². The largest absolute Gasteiger partial charge is 0.481 e. The van der Waals surface area contributed by atoms with Crippen LogP contribution < -0.4 is 0 Å². The van der Waals surface area contributed by atoms with Crippen LogP contribution in [0.2, 0.25) is 0 Å². The van der Waals surface area contributed by atoms with E-state index < -0.39 is 12.1 Å². The number of aliphatic hydroxyl groups is 1. The van der Waals surface area contributed by atoms with Gasteiger partial charge in [-0.25, -0.2) is 0 Å². The van der Waals surface area contributed by atoms with Crippen LogP contribution in [0, 0.1) is 0 Å². The van der Waals surface area contributed by atoms with Gasteiger partial charge in [-0.2, -0.15) is 0 Å². The number of halogens is 1. The molecule has 70 valence electrons. The third-order valence-corrected chi connectivity index (χ3v) is 1.91. The van der Waals surface area contributed by atoms with Gasteiger partial charge in [0.1, 0.15) is 0 Å². The maximum atomic E-state index is 10.3. The molecule has 1 unspecified atom stereocenters. The highest BCUT2D eigenvalue weighted by atomic mass is 79.9. The highest BCUT2D eigenvalue weighted by Gasteiger charge is 2.12. The lowest BCUT2D eigenvalue weighted by molar-refractivity contribution is -0.139. The van der Waals surface area contributed by atoms with Gasteiger partial charge in [0.2, 0.25) is 0 Å². The molecule has 0 saturated heterocycles. The Balaban J connectivity index is 2.76. The molecule has 1 aromatic rings. The standard InChI is InChI=1S/C8H8BrNO3/c9-6-1-5(3-10-4-6)7(11)2-8(12)13/h1,3-4,7,11H,2H2,(H,12,13). The lowest BCUT2D eigenvalue weighted by Gasteiger charge is -2.07. The average molecular weight is 246 g/mol. The highest BCUT2D eigenvalue weighted by molar-refractivity contribution is 9.10. The number of hydrogen-bond donors (Lipinski definition) is 2. The molecule has 1 heterocycles. The number of nitrogens with zero attached hydrogens (tertiary/aromatic N) is 1. The van der Waals surface area contributed by atoms with E-state index in [0.717, 1.165) is 4.47 Å². The summed E-state index contributed by atoms with van der Waals surface area (Å²) in [5.41, 5.74) is 0.497. The van der Waals surface area contributed by atoms with Crippen LogP contribution in [0.5, 0.6) is 0 Å². The van der Waals surface area contributed by atoms with Crippen molar-refractivity contribution in [2.45, 2.75) is 12.5 Å². The second-order valence-corrected chi connectivity index (χ2v) is 3.47. The molecule has 0 spiro atoms. The minimum Gasteiger partial charge on any atom is -0.481 e. The van der Waals surface area contributed by atoms with Crippen molar-refractivity contribution in [3.05, 3.63) is 28.5 Å². The Kier molecular flexibility index (Phi) is 3.39. The maximum absolute atomic E-state index is 10.3. The molecule has 0 bridgehead atoms. The number of aliphatic hydroxyl groups excluding tert-OH is 1. The molecule has 0 aliphatic heterocycles. The molecule has 13 heavy (non-hydrogen) atoms. The molecule has 5 heteroatoms. The summed E-state index contributed by atoms with van der Waals surface area (Å²) < 4.78 is 0.717. The quantitative estimate of drug-likeness (QED) is 0.844. The summed E-state index contributed by atoms with van der Waals surface area (Å²) in [5.74, 6) is -1.03. The molecule has 0 aromatic carbocycles. The number of carbonyl (C=O) groups is 1. The first-order chi connectivity index (χ1) is 6.09. The smallest absolute Gasteiger partial charge is 0.306 e. The molecule has 0 aliphatic carbocycles. The fraction of sp³-hybridized carbons (Fsp3) is 0.250. The van der Waals surface area contributed by atoms with E-state index in [1.807, 2.05) is 0 Å². The summed E-state index contributed by atoms with van der Waals surface area (Å²) in [5, 5.41) is 17.8. The van der Waals surface area contributed by atoms with Crippen LogP contribution in [0.4, 0.5) is 0 Å². The monoisotopic (exact) mass is 245 g/mol. The average Bonchev–Trinajstić information content (AvgIpc) is 2.03. The van der Waals surface area contributed by atoms with E-state index in [-0.39, 0.29) is 6.42 Å². The van der Waals surface area contributed by atoms with Crippen molar-refractivity contribution in [2.24, 2.45) is 0 Å². The van der Waals surface area contributed by atoms with Gasteiger partial charge in [0, 0.05) is 22.4 Å². The Morgan fingerprint density at radius 2 is 2.31 bits per heavy atom. The van der Waals surface area contributed by atoms with Gasteiger partial charge >= 0.3 is 5.97 Å². The first-order valence-corrected chi connectivity index (χ1v) is 4.39. The van der Waals surface area contributed by atoms with Gasteiger partial charge in [-0.3, -0.25) is 9.78 Å². The van der Waals surface area contributed by atoms with Gasteiger partial charge in [-0.1, -0.05) is 0 Å². The predicted octanol–water partition coefficient (Wildman–Crippen LogP) is 1.35. The Labute approximate surface area is 83.4 Å². The fourth-order valence-electron chi connectivity index (χ4n) is 0.894. The first-order valence-electron chi connectivity index (χ1n) is 3.60. The zero-order valence-corrected chi connectivity index (χ0v) is 8.23. The Bertz CT molecular complexity index is 316. The minimum atomic E-state index is -1.03.